The van der Waals surface area contributed by atoms with E-state index >= 15 is 0 Å². The standard InChI is InChI=1S/C20H22N2O2/c1-2-3-12-21-20(23)17-9-10-19-16(14-17)11-13-22(19)15-24-18-7-5-4-6-8-18/h4-11,13-14H,2-3,12,15H2,1H3,(H,21,23). The molecule has 0 saturated heterocycles. The fourth-order valence-electron chi connectivity index (χ4n) is 2.60. The molecule has 0 atom stereocenters. The van der Waals surface area contributed by atoms with E-state index in [1.807, 2.05) is 65.4 Å². The van der Waals surface area contributed by atoms with Crippen LogP contribution in [0.5, 0.6) is 5.75 Å². The second kappa shape index (κ2) is 7.68. The first-order valence-corrected chi connectivity index (χ1v) is 8.33. The zero-order valence-corrected chi connectivity index (χ0v) is 13.9. The molecule has 4 nitrogen and oxygen atoms in total. The van der Waals surface area contributed by atoms with Crippen LogP contribution < -0.4 is 10.1 Å². The van der Waals surface area contributed by atoms with Crippen molar-refractivity contribution in [2.24, 2.45) is 0 Å². The van der Waals surface area contributed by atoms with Crippen molar-refractivity contribution in [1.82, 2.24) is 9.88 Å². The van der Waals surface area contributed by atoms with Crippen molar-refractivity contribution in [1.29, 1.82) is 0 Å². The Hall–Kier alpha value is -2.75. The molecule has 1 amide bonds. The fraction of sp³-hybridized carbons (Fsp3) is 0.250. The molecular formula is C20H22N2O2. The van der Waals surface area contributed by atoms with Gasteiger partial charge in [-0.15, -0.1) is 0 Å². The quantitative estimate of drug-likeness (QED) is 0.662. The largest absolute Gasteiger partial charge is 0.473 e. The van der Waals surface area contributed by atoms with E-state index in [2.05, 4.69) is 12.2 Å². The van der Waals surface area contributed by atoms with Crippen molar-refractivity contribution >= 4 is 16.8 Å². The molecular weight excluding hydrogens is 300 g/mol. The lowest BCUT2D eigenvalue weighted by molar-refractivity contribution is 0.0953. The van der Waals surface area contributed by atoms with Gasteiger partial charge in [0.05, 0.1) is 5.52 Å². The molecule has 0 aliphatic rings. The maximum atomic E-state index is 12.1. The molecule has 1 aromatic heterocycles. The molecule has 0 radical (unpaired) electrons. The van der Waals surface area contributed by atoms with Gasteiger partial charge in [-0.2, -0.15) is 0 Å². The van der Waals surface area contributed by atoms with E-state index in [0.717, 1.165) is 36.0 Å². The van der Waals surface area contributed by atoms with Crippen molar-refractivity contribution in [2.75, 3.05) is 6.54 Å². The van der Waals surface area contributed by atoms with Crippen LogP contribution in [0.1, 0.15) is 30.1 Å². The molecule has 0 aliphatic heterocycles. The molecule has 3 aromatic rings. The molecule has 3 rings (SSSR count). The molecule has 2 aromatic carbocycles. The van der Waals surface area contributed by atoms with Gasteiger partial charge in [0, 0.05) is 23.7 Å². The van der Waals surface area contributed by atoms with Gasteiger partial charge in [-0.05, 0) is 42.8 Å². The Labute approximate surface area is 142 Å². The van der Waals surface area contributed by atoms with Crippen molar-refractivity contribution in [3.63, 3.8) is 0 Å². The minimum absolute atomic E-state index is 0.0152. The summed E-state index contributed by atoms with van der Waals surface area (Å²) in [7, 11) is 0. The number of carbonyl (C=O) groups is 1. The van der Waals surface area contributed by atoms with Crippen LogP contribution in [-0.4, -0.2) is 17.0 Å². The number of amides is 1. The van der Waals surface area contributed by atoms with Crippen molar-refractivity contribution in [2.45, 2.75) is 26.5 Å². The zero-order valence-electron chi connectivity index (χ0n) is 13.9. The molecule has 0 saturated carbocycles. The number of unbranched alkanes of at least 4 members (excludes halogenated alkanes) is 1. The van der Waals surface area contributed by atoms with Crippen LogP contribution in [0.3, 0.4) is 0 Å². The Bertz CT molecular complexity index is 809. The highest BCUT2D eigenvalue weighted by Crippen LogP contribution is 2.19. The molecule has 1 heterocycles. The Morgan fingerprint density at radius 3 is 2.75 bits per heavy atom. The molecule has 4 heteroatoms. The highest BCUT2D eigenvalue weighted by atomic mass is 16.5. The fourth-order valence-corrected chi connectivity index (χ4v) is 2.60. The summed E-state index contributed by atoms with van der Waals surface area (Å²) in [5, 5.41) is 3.98. The Morgan fingerprint density at radius 1 is 1.12 bits per heavy atom. The van der Waals surface area contributed by atoms with E-state index in [0.29, 0.717) is 12.3 Å². The van der Waals surface area contributed by atoms with E-state index in [4.69, 9.17) is 4.74 Å². The minimum Gasteiger partial charge on any atom is -0.473 e. The van der Waals surface area contributed by atoms with E-state index < -0.39 is 0 Å². The van der Waals surface area contributed by atoms with Gasteiger partial charge in [0.25, 0.3) is 5.91 Å². The van der Waals surface area contributed by atoms with E-state index in [1.54, 1.807) is 0 Å². The van der Waals surface area contributed by atoms with Crippen molar-refractivity contribution in [3.05, 3.63) is 66.4 Å². The zero-order chi connectivity index (χ0) is 16.8. The smallest absolute Gasteiger partial charge is 0.251 e. The van der Waals surface area contributed by atoms with Gasteiger partial charge >= 0.3 is 0 Å². The third-order valence-corrected chi connectivity index (χ3v) is 3.96. The lowest BCUT2D eigenvalue weighted by Gasteiger charge is -2.09. The number of carbonyl (C=O) groups excluding carboxylic acids is 1. The van der Waals surface area contributed by atoms with Crippen LogP contribution in [0.25, 0.3) is 10.9 Å². The molecule has 0 fully saturated rings. The predicted octanol–water partition coefficient (Wildman–Crippen LogP) is 4.21. The summed E-state index contributed by atoms with van der Waals surface area (Å²) in [6.45, 7) is 3.27. The number of ether oxygens (including phenoxy) is 1. The number of rotatable bonds is 7. The first-order valence-electron chi connectivity index (χ1n) is 8.33. The van der Waals surface area contributed by atoms with Crippen LogP contribution in [0.4, 0.5) is 0 Å². The second-order valence-electron chi connectivity index (χ2n) is 5.76. The molecule has 0 spiro atoms. The summed E-state index contributed by atoms with van der Waals surface area (Å²) >= 11 is 0. The maximum absolute atomic E-state index is 12.1. The Balaban J connectivity index is 1.70. The third kappa shape index (κ3) is 3.77. The highest BCUT2D eigenvalue weighted by molar-refractivity contribution is 5.98. The van der Waals surface area contributed by atoms with E-state index in [1.165, 1.54) is 0 Å². The summed E-state index contributed by atoms with van der Waals surface area (Å²) < 4.78 is 7.81. The van der Waals surface area contributed by atoms with Gasteiger partial charge in [0.1, 0.15) is 5.75 Å². The number of aromatic nitrogens is 1. The van der Waals surface area contributed by atoms with Gasteiger partial charge in [0.2, 0.25) is 0 Å². The molecule has 124 valence electrons. The Kier molecular flexibility index (Phi) is 5.16. The van der Waals surface area contributed by atoms with Crippen LogP contribution in [0.15, 0.2) is 60.8 Å². The van der Waals surface area contributed by atoms with Gasteiger partial charge < -0.3 is 14.6 Å². The van der Waals surface area contributed by atoms with Gasteiger partial charge in [-0.3, -0.25) is 4.79 Å². The number of benzene rings is 2. The number of nitrogens with one attached hydrogen (secondary N) is 1. The van der Waals surface area contributed by atoms with Crippen LogP contribution in [-0.2, 0) is 6.73 Å². The van der Waals surface area contributed by atoms with E-state index in [-0.39, 0.29) is 5.91 Å². The average Bonchev–Trinajstić information content (AvgIpc) is 3.03. The molecule has 0 aliphatic carbocycles. The van der Waals surface area contributed by atoms with Crippen LogP contribution in [0, 0.1) is 0 Å². The van der Waals surface area contributed by atoms with Crippen LogP contribution >= 0.6 is 0 Å². The number of para-hydroxylation sites is 1. The van der Waals surface area contributed by atoms with Gasteiger partial charge in [-0.25, -0.2) is 0 Å². The molecule has 0 unspecified atom stereocenters. The Morgan fingerprint density at radius 2 is 1.96 bits per heavy atom. The number of hydrogen-bond acceptors (Lipinski definition) is 2. The number of nitrogens with zero attached hydrogens (tertiary/aromatic N) is 1. The number of hydrogen-bond donors (Lipinski definition) is 1. The predicted molar refractivity (Wildman–Crippen MR) is 96.2 cm³/mol. The third-order valence-electron chi connectivity index (χ3n) is 3.96. The molecule has 24 heavy (non-hydrogen) atoms. The summed E-state index contributed by atoms with van der Waals surface area (Å²) in [5.74, 6) is 0.824. The monoisotopic (exact) mass is 322 g/mol. The molecule has 1 N–H and O–H groups in total. The SMILES string of the molecule is CCCCNC(=O)c1ccc2c(ccn2COc2ccccc2)c1. The lowest BCUT2D eigenvalue weighted by Crippen LogP contribution is -2.24. The van der Waals surface area contributed by atoms with Crippen molar-refractivity contribution in [3.8, 4) is 5.75 Å². The summed E-state index contributed by atoms with van der Waals surface area (Å²) in [6, 6.07) is 17.5. The maximum Gasteiger partial charge on any atom is 0.251 e. The van der Waals surface area contributed by atoms with Gasteiger partial charge in [-0.1, -0.05) is 31.5 Å². The summed E-state index contributed by atoms with van der Waals surface area (Å²) in [4.78, 5) is 12.1. The molecule has 0 bridgehead atoms. The highest BCUT2D eigenvalue weighted by Gasteiger charge is 2.08. The summed E-state index contributed by atoms with van der Waals surface area (Å²) in [6.07, 6.45) is 4.05. The number of fused-ring (bicyclic) bond motifs is 1. The second-order valence-corrected chi connectivity index (χ2v) is 5.76. The first kappa shape index (κ1) is 16.1. The van der Waals surface area contributed by atoms with Crippen LogP contribution in [0.2, 0.25) is 0 Å². The first-order chi connectivity index (χ1) is 11.8. The van der Waals surface area contributed by atoms with Crippen molar-refractivity contribution < 1.29 is 9.53 Å². The van der Waals surface area contributed by atoms with E-state index in [9.17, 15) is 4.79 Å². The summed E-state index contributed by atoms with van der Waals surface area (Å²) in [5.41, 5.74) is 1.75. The van der Waals surface area contributed by atoms with Gasteiger partial charge in [0.15, 0.2) is 6.73 Å². The lowest BCUT2D eigenvalue weighted by atomic mass is 10.1. The minimum atomic E-state index is -0.0152. The average molecular weight is 322 g/mol. The topological polar surface area (TPSA) is 43.3 Å². The normalized spacial score (nSPS) is 10.7.